The highest BCUT2D eigenvalue weighted by Gasteiger charge is 2.21. The summed E-state index contributed by atoms with van der Waals surface area (Å²) in [5.41, 5.74) is 1.69. The van der Waals surface area contributed by atoms with E-state index in [9.17, 15) is 9.59 Å². The predicted octanol–water partition coefficient (Wildman–Crippen LogP) is 3.48. The van der Waals surface area contributed by atoms with E-state index in [2.05, 4.69) is 5.32 Å². The van der Waals surface area contributed by atoms with E-state index in [1.165, 1.54) is 21.3 Å². The molecule has 2 aromatic carbocycles. The van der Waals surface area contributed by atoms with E-state index in [1.54, 1.807) is 29.2 Å². The third kappa shape index (κ3) is 4.03. The maximum Gasteiger partial charge on any atom is 0.259 e. The van der Waals surface area contributed by atoms with Crippen molar-refractivity contribution in [2.24, 2.45) is 0 Å². The molecule has 2 aromatic rings. The number of hydrogen-bond donors (Lipinski definition) is 1. The van der Waals surface area contributed by atoms with Crippen LogP contribution >= 0.6 is 0 Å². The first-order valence-corrected chi connectivity index (χ1v) is 9.09. The molecule has 148 valence electrons. The molecular weight excluding hydrogens is 360 g/mol. The lowest BCUT2D eigenvalue weighted by Crippen LogP contribution is -2.35. The summed E-state index contributed by atoms with van der Waals surface area (Å²) < 4.78 is 15.9. The number of hydrogen-bond acceptors (Lipinski definition) is 5. The number of amides is 2. The quantitative estimate of drug-likeness (QED) is 0.825. The largest absolute Gasteiger partial charge is 0.496 e. The topological polar surface area (TPSA) is 77.1 Å². The van der Waals surface area contributed by atoms with Crippen LogP contribution in [0.4, 0.5) is 11.4 Å². The summed E-state index contributed by atoms with van der Waals surface area (Å²) in [4.78, 5) is 26.8. The van der Waals surface area contributed by atoms with Gasteiger partial charge in [0, 0.05) is 36.5 Å². The van der Waals surface area contributed by atoms with Crippen LogP contribution in [0, 0.1) is 0 Å². The Morgan fingerprint density at radius 3 is 2.36 bits per heavy atom. The molecular formula is C21H24N2O5. The Balaban J connectivity index is 1.85. The van der Waals surface area contributed by atoms with E-state index in [1.807, 2.05) is 12.1 Å². The normalized spacial score (nSPS) is 13.8. The van der Waals surface area contributed by atoms with Crippen molar-refractivity contribution in [1.29, 1.82) is 0 Å². The molecule has 1 saturated heterocycles. The van der Waals surface area contributed by atoms with Crippen LogP contribution in [0.1, 0.15) is 29.6 Å². The first-order chi connectivity index (χ1) is 13.6. The van der Waals surface area contributed by atoms with Crippen LogP contribution in [-0.4, -0.2) is 39.7 Å². The molecule has 1 aliphatic heterocycles. The minimum Gasteiger partial charge on any atom is -0.496 e. The molecule has 0 aromatic heterocycles. The van der Waals surface area contributed by atoms with E-state index < -0.39 is 0 Å². The average molecular weight is 384 g/mol. The van der Waals surface area contributed by atoms with Crippen LogP contribution in [-0.2, 0) is 4.79 Å². The highest BCUT2D eigenvalue weighted by molar-refractivity contribution is 6.07. The Morgan fingerprint density at radius 1 is 0.964 bits per heavy atom. The molecule has 2 amide bonds. The fourth-order valence-electron chi connectivity index (χ4n) is 3.24. The predicted molar refractivity (Wildman–Crippen MR) is 107 cm³/mol. The zero-order chi connectivity index (χ0) is 20.1. The van der Waals surface area contributed by atoms with Crippen molar-refractivity contribution in [2.45, 2.75) is 19.3 Å². The standard InChI is InChI=1S/C21H24N2O5/c1-26-17-13-19(28-3)18(27-2)12-16(17)21(25)22-14-7-6-8-15(11-14)23-10-5-4-9-20(23)24/h6-8,11-13H,4-5,9-10H2,1-3H3,(H,22,25). The Bertz CT molecular complexity index is 881. The molecule has 0 unspecified atom stereocenters. The molecule has 0 radical (unpaired) electrons. The van der Waals surface area contributed by atoms with Gasteiger partial charge >= 0.3 is 0 Å². The van der Waals surface area contributed by atoms with Gasteiger partial charge in [0.25, 0.3) is 5.91 Å². The van der Waals surface area contributed by atoms with Crippen LogP contribution in [0.25, 0.3) is 0 Å². The van der Waals surface area contributed by atoms with Crippen molar-refractivity contribution >= 4 is 23.2 Å². The van der Waals surface area contributed by atoms with Gasteiger partial charge in [-0.05, 0) is 31.0 Å². The third-order valence-corrected chi connectivity index (χ3v) is 4.69. The lowest BCUT2D eigenvalue weighted by Gasteiger charge is -2.27. The second-order valence-corrected chi connectivity index (χ2v) is 6.41. The van der Waals surface area contributed by atoms with Gasteiger partial charge in [-0.3, -0.25) is 9.59 Å². The van der Waals surface area contributed by atoms with Gasteiger partial charge in [0.1, 0.15) is 5.75 Å². The number of carbonyl (C=O) groups is 2. The van der Waals surface area contributed by atoms with Gasteiger partial charge in [-0.1, -0.05) is 6.07 Å². The first-order valence-electron chi connectivity index (χ1n) is 9.09. The van der Waals surface area contributed by atoms with E-state index in [4.69, 9.17) is 14.2 Å². The zero-order valence-corrected chi connectivity index (χ0v) is 16.3. The molecule has 0 bridgehead atoms. The van der Waals surface area contributed by atoms with Gasteiger partial charge < -0.3 is 24.4 Å². The molecule has 7 nitrogen and oxygen atoms in total. The number of rotatable bonds is 6. The molecule has 28 heavy (non-hydrogen) atoms. The maximum atomic E-state index is 12.8. The van der Waals surface area contributed by atoms with E-state index >= 15 is 0 Å². The van der Waals surface area contributed by atoms with Crippen LogP contribution in [0.5, 0.6) is 17.2 Å². The summed E-state index contributed by atoms with van der Waals surface area (Å²) >= 11 is 0. The highest BCUT2D eigenvalue weighted by Crippen LogP contribution is 2.35. The second-order valence-electron chi connectivity index (χ2n) is 6.41. The molecule has 0 atom stereocenters. The molecule has 3 rings (SSSR count). The summed E-state index contributed by atoms with van der Waals surface area (Å²) in [6, 6.07) is 10.5. The molecule has 7 heteroatoms. The number of nitrogens with zero attached hydrogens (tertiary/aromatic N) is 1. The van der Waals surface area contributed by atoms with Gasteiger partial charge in [-0.15, -0.1) is 0 Å². The maximum absolute atomic E-state index is 12.8. The van der Waals surface area contributed by atoms with E-state index in [0.717, 1.165) is 18.5 Å². The van der Waals surface area contributed by atoms with E-state index in [0.29, 0.717) is 41.5 Å². The summed E-state index contributed by atoms with van der Waals surface area (Å²) in [6.07, 6.45) is 2.45. The van der Waals surface area contributed by atoms with Gasteiger partial charge in [-0.25, -0.2) is 0 Å². The van der Waals surface area contributed by atoms with Gasteiger partial charge in [0.05, 0.1) is 26.9 Å². The highest BCUT2D eigenvalue weighted by atomic mass is 16.5. The molecule has 1 N–H and O–H groups in total. The van der Waals surface area contributed by atoms with Crippen LogP contribution < -0.4 is 24.4 Å². The summed E-state index contributed by atoms with van der Waals surface area (Å²) in [6.45, 7) is 0.694. The van der Waals surface area contributed by atoms with Gasteiger partial charge in [-0.2, -0.15) is 0 Å². The first kappa shape index (κ1) is 19.5. The Morgan fingerprint density at radius 2 is 1.68 bits per heavy atom. The minimum absolute atomic E-state index is 0.108. The number of carbonyl (C=O) groups excluding carboxylic acids is 2. The second kappa shape index (κ2) is 8.65. The van der Waals surface area contributed by atoms with Crippen molar-refractivity contribution < 1.29 is 23.8 Å². The Hall–Kier alpha value is -3.22. The van der Waals surface area contributed by atoms with E-state index in [-0.39, 0.29) is 11.8 Å². The van der Waals surface area contributed by atoms with Crippen molar-refractivity contribution in [3.8, 4) is 17.2 Å². The van der Waals surface area contributed by atoms with Crippen LogP contribution in [0.3, 0.4) is 0 Å². The number of nitrogens with one attached hydrogen (secondary N) is 1. The average Bonchev–Trinajstić information content (AvgIpc) is 2.73. The molecule has 1 aliphatic rings. The number of piperidine rings is 1. The van der Waals surface area contributed by atoms with Crippen molar-refractivity contribution in [1.82, 2.24) is 0 Å². The Labute approximate surface area is 164 Å². The van der Waals surface area contributed by atoms with Gasteiger partial charge in [0.15, 0.2) is 11.5 Å². The SMILES string of the molecule is COc1cc(OC)c(C(=O)Nc2cccc(N3CCCCC3=O)c2)cc1OC. The minimum atomic E-state index is -0.347. The fourth-order valence-corrected chi connectivity index (χ4v) is 3.24. The third-order valence-electron chi connectivity index (χ3n) is 4.69. The number of benzene rings is 2. The lowest BCUT2D eigenvalue weighted by atomic mass is 10.1. The number of ether oxygens (including phenoxy) is 3. The molecule has 0 aliphatic carbocycles. The lowest BCUT2D eigenvalue weighted by molar-refractivity contribution is -0.119. The van der Waals surface area contributed by atoms with Crippen molar-refractivity contribution in [3.63, 3.8) is 0 Å². The molecule has 0 spiro atoms. The smallest absolute Gasteiger partial charge is 0.259 e. The molecule has 0 saturated carbocycles. The zero-order valence-electron chi connectivity index (χ0n) is 16.3. The fraction of sp³-hybridized carbons (Fsp3) is 0.333. The number of methoxy groups -OCH3 is 3. The summed E-state index contributed by atoms with van der Waals surface area (Å²) in [5, 5.41) is 2.86. The molecule has 1 fully saturated rings. The molecule has 1 heterocycles. The van der Waals surface area contributed by atoms with Crippen molar-refractivity contribution in [2.75, 3.05) is 38.1 Å². The van der Waals surface area contributed by atoms with Crippen molar-refractivity contribution in [3.05, 3.63) is 42.0 Å². The summed E-state index contributed by atoms with van der Waals surface area (Å²) in [7, 11) is 4.51. The van der Waals surface area contributed by atoms with Crippen LogP contribution in [0.15, 0.2) is 36.4 Å². The monoisotopic (exact) mass is 384 g/mol. The summed E-state index contributed by atoms with van der Waals surface area (Å²) in [5.74, 6) is 1.04. The van der Waals surface area contributed by atoms with Crippen LogP contribution in [0.2, 0.25) is 0 Å². The number of anilines is 2. The van der Waals surface area contributed by atoms with Gasteiger partial charge in [0.2, 0.25) is 5.91 Å². The Kier molecular flexibility index (Phi) is 6.03.